The van der Waals surface area contributed by atoms with E-state index in [0.29, 0.717) is 13.0 Å². The predicted molar refractivity (Wildman–Crippen MR) is 91.8 cm³/mol. The van der Waals surface area contributed by atoms with Crippen molar-refractivity contribution in [3.8, 4) is 0 Å². The molecule has 0 bridgehead atoms. The van der Waals surface area contributed by atoms with E-state index in [1.54, 1.807) is 6.08 Å². The molecule has 1 unspecified atom stereocenters. The summed E-state index contributed by atoms with van der Waals surface area (Å²) >= 11 is 0. The molecule has 0 radical (unpaired) electrons. The van der Waals surface area contributed by atoms with E-state index < -0.39 is 0 Å². The van der Waals surface area contributed by atoms with Crippen molar-refractivity contribution in [2.45, 2.75) is 53.6 Å². The Morgan fingerprint density at radius 3 is 2.43 bits per heavy atom. The average Bonchev–Trinajstić information content (AvgIpc) is 2.89. The van der Waals surface area contributed by atoms with Crippen LogP contribution in [0.1, 0.15) is 57.1 Å². The van der Waals surface area contributed by atoms with Crippen molar-refractivity contribution in [1.29, 1.82) is 0 Å². The first kappa shape index (κ1) is 19.2. The summed E-state index contributed by atoms with van der Waals surface area (Å²) in [5.74, 6) is -0.302. The second-order valence-corrected chi connectivity index (χ2v) is 4.15. The molecule has 0 fully saturated rings. The number of H-pyrrole nitrogens is 1. The Labute approximate surface area is 128 Å². The number of nitrogens with one attached hydrogen (secondary N) is 2. The Morgan fingerprint density at radius 2 is 1.95 bits per heavy atom. The minimum absolute atomic E-state index is 0.278. The minimum atomic E-state index is -0.302. The van der Waals surface area contributed by atoms with Crippen LogP contribution >= 0.6 is 0 Å². The summed E-state index contributed by atoms with van der Waals surface area (Å²) in [7, 11) is 0. The van der Waals surface area contributed by atoms with Crippen LogP contribution in [-0.2, 0) is 17.8 Å². The van der Waals surface area contributed by atoms with Gasteiger partial charge in [0.05, 0.1) is 6.04 Å². The van der Waals surface area contributed by atoms with E-state index in [2.05, 4.69) is 16.9 Å². The van der Waals surface area contributed by atoms with Crippen LogP contribution in [0.2, 0.25) is 0 Å². The zero-order chi connectivity index (χ0) is 16.4. The van der Waals surface area contributed by atoms with Crippen LogP contribution in [0.3, 0.4) is 0 Å². The summed E-state index contributed by atoms with van der Waals surface area (Å²) in [5, 5.41) is 3.12. The molecule has 0 aliphatic carbocycles. The first-order valence-corrected chi connectivity index (χ1v) is 7.69. The first-order chi connectivity index (χ1) is 10.2. The van der Waals surface area contributed by atoms with Crippen LogP contribution < -0.4 is 11.1 Å². The number of rotatable bonds is 3. The van der Waals surface area contributed by atoms with Gasteiger partial charge in [0, 0.05) is 23.5 Å². The molecule has 118 valence electrons. The normalized spacial score (nSPS) is 16.1. The molecule has 1 atom stereocenters. The highest BCUT2D eigenvalue weighted by Gasteiger charge is 2.26. The van der Waals surface area contributed by atoms with Gasteiger partial charge in [0.25, 0.3) is 0 Å². The molecule has 21 heavy (non-hydrogen) atoms. The summed E-state index contributed by atoms with van der Waals surface area (Å²) in [5.41, 5.74) is 9.74. The fourth-order valence-corrected chi connectivity index (χ4v) is 2.24. The van der Waals surface area contributed by atoms with Crippen molar-refractivity contribution in [2.24, 2.45) is 5.73 Å². The smallest absolute Gasteiger partial charge is 0.234 e. The van der Waals surface area contributed by atoms with Gasteiger partial charge < -0.3 is 10.7 Å². The van der Waals surface area contributed by atoms with Crippen molar-refractivity contribution in [2.75, 3.05) is 0 Å². The molecule has 0 aromatic carbocycles. The van der Waals surface area contributed by atoms with E-state index in [9.17, 15) is 4.79 Å². The van der Waals surface area contributed by atoms with E-state index in [-0.39, 0.29) is 11.9 Å². The lowest BCUT2D eigenvalue weighted by Gasteiger charge is -2.21. The molecular weight excluding hydrogens is 262 g/mol. The van der Waals surface area contributed by atoms with Crippen molar-refractivity contribution in [1.82, 2.24) is 10.3 Å². The van der Waals surface area contributed by atoms with Gasteiger partial charge in [-0.2, -0.15) is 0 Å². The molecule has 1 aliphatic rings. The number of carbonyl (C=O) groups excluding carboxylic acids is 1. The third-order valence-corrected chi connectivity index (χ3v) is 3.08. The van der Waals surface area contributed by atoms with Gasteiger partial charge in [-0.15, -0.1) is 0 Å². The quantitative estimate of drug-likeness (QED) is 0.800. The number of carbonyl (C=O) groups is 1. The standard InChI is InChI=1S/C13H17N3O.2C2H6/c1-3-5-8-9-6-11(13(14)17)15-7-12(9)16-10(8)4-2;2*1-2/h3-5,11,15-16H,2,6-7H2,1H3,(H2,14,17);2*1-2H3/b5-3-;;. The number of primary amides is 1. The van der Waals surface area contributed by atoms with Crippen LogP contribution in [-0.4, -0.2) is 16.9 Å². The molecule has 1 aromatic heterocycles. The summed E-state index contributed by atoms with van der Waals surface area (Å²) in [4.78, 5) is 14.5. The SMILES string of the molecule is C=Cc1[nH]c2c(c1/C=C\C)CC(C(N)=O)NC2.CC.CC. The highest BCUT2D eigenvalue weighted by atomic mass is 16.1. The van der Waals surface area contributed by atoms with Crippen LogP contribution in [0.25, 0.3) is 12.2 Å². The number of aromatic nitrogens is 1. The number of amides is 1. The number of allylic oxidation sites excluding steroid dienone is 1. The Hall–Kier alpha value is -1.81. The van der Waals surface area contributed by atoms with Gasteiger partial charge >= 0.3 is 0 Å². The van der Waals surface area contributed by atoms with Crippen molar-refractivity contribution in [3.05, 3.63) is 35.2 Å². The molecule has 1 aliphatic heterocycles. The molecule has 1 aromatic rings. The number of fused-ring (bicyclic) bond motifs is 1. The summed E-state index contributed by atoms with van der Waals surface area (Å²) in [6.07, 6.45) is 6.45. The third-order valence-electron chi connectivity index (χ3n) is 3.08. The fraction of sp³-hybridized carbons (Fsp3) is 0.471. The van der Waals surface area contributed by atoms with Gasteiger partial charge in [-0.3, -0.25) is 10.1 Å². The molecule has 4 heteroatoms. The highest BCUT2D eigenvalue weighted by Crippen LogP contribution is 2.26. The maximum absolute atomic E-state index is 11.2. The molecule has 2 rings (SSSR count). The van der Waals surface area contributed by atoms with Crippen LogP contribution in [0.15, 0.2) is 12.7 Å². The Morgan fingerprint density at radius 1 is 1.33 bits per heavy atom. The molecule has 4 nitrogen and oxygen atoms in total. The second kappa shape index (κ2) is 10.00. The van der Waals surface area contributed by atoms with Gasteiger partial charge in [-0.1, -0.05) is 46.4 Å². The van der Waals surface area contributed by atoms with E-state index in [4.69, 9.17) is 5.73 Å². The van der Waals surface area contributed by atoms with Crippen LogP contribution in [0.5, 0.6) is 0 Å². The van der Waals surface area contributed by atoms with E-state index in [1.165, 1.54) is 5.56 Å². The first-order valence-electron chi connectivity index (χ1n) is 7.69. The largest absolute Gasteiger partial charge is 0.368 e. The molecule has 2 heterocycles. The van der Waals surface area contributed by atoms with Crippen molar-refractivity contribution in [3.63, 3.8) is 0 Å². The number of nitrogens with two attached hydrogens (primary N) is 1. The number of hydrogen-bond acceptors (Lipinski definition) is 2. The van der Waals surface area contributed by atoms with Crippen molar-refractivity contribution < 1.29 is 4.79 Å². The molecule has 0 saturated heterocycles. The molecule has 0 spiro atoms. The lowest BCUT2D eigenvalue weighted by molar-refractivity contribution is -0.120. The number of hydrogen-bond donors (Lipinski definition) is 3. The monoisotopic (exact) mass is 291 g/mol. The van der Waals surface area contributed by atoms with Gasteiger partial charge in [-0.25, -0.2) is 0 Å². The Balaban J connectivity index is 0.000000921. The maximum atomic E-state index is 11.2. The maximum Gasteiger partial charge on any atom is 0.234 e. The molecule has 0 saturated carbocycles. The highest BCUT2D eigenvalue weighted by molar-refractivity contribution is 5.81. The van der Waals surface area contributed by atoms with E-state index >= 15 is 0 Å². The van der Waals surface area contributed by atoms with Gasteiger partial charge in [0.2, 0.25) is 5.91 Å². The van der Waals surface area contributed by atoms with Crippen LogP contribution in [0, 0.1) is 0 Å². The predicted octanol–water partition coefficient (Wildman–Crippen LogP) is 3.24. The zero-order valence-electron chi connectivity index (χ0n) is 13.9. The third kappa shape index (κ3) is 4.60. The topological polar surface area (TPSA) is 70.9 Å². The Bertz CT molecular complexity index is 486. The minimum Gasteiger partial charge on any atom is -0.368 e. The average molecular weight is 291 g/mol. The molecule has 1 amide bonds. The van der Waals surface area contributed by atoms with Gasteiger partial charge in [0.15, 0.2) is 0 Å². The zero-order valence-corrected chi connectivity index (χ0v) is 13.9. The van der Waals surface area contributed by atoms with Crippen molar-refractivity contribution >= 4 is 18.1 Å². The summed E-state index contributed by atoms with van der Waals surface area (Å²) in [6.45, 7) is 14.4. The summed E-state index contributed by atoms with van der Waals surface area (Å²) < 4.78 is 0. The lowest BCUT2D eigenvalue weighted by atomic mass is 9.96. The summed E-state index contributed by atoms with van der Waals surface area (Å²) in [6, 6.07) is -0.278. The van der Waals surface area contributed by atoms with E-state index in [1.807, 2.05) is 46.8 Å². The van der Waals surface area contributed by atoms with Gasteiger partial charge in [-0.05, 0) is 25.0 Å². The second-order valence-electron chi connectivity index (χ2n) is 4.15. The Kier molecular flexibility index (Phi) is 9.13. The number of aromatic amines is 1. The lowest BCUT2D eigenvalue weighted by Crippen LogP contribution is -2.45. The molecule has 4 N–H and O–H groups in total. The fourth-order valence-electron chi connectivity index (χ4n) is 2.24. The van der Waals surface area contributed by atoms with Crippen LogP contribution in [0.4, 0.5) is 0 Å². The van der Waals surface area contributed by atoms with E-state index in [0.717, 1.165) is 17.0 Å². The molecular formula is C17H29N3O. The van der Waals surface area contributed by atoms with Gasteiger partial charge in [0.1, 0.15) is 0 Å².